The number of benzene rings is 1. The Morgan fingerprint density at radius 1 is 1.09 bits per heavy atom. The molecule has 0 saturated carbocycles. The summed E-state index contributed by atoms with van der Waals surface area (Å²) in [6, 6.07) is 10.2. The average molecular weight is 419 g/mol. The Morgan fingerprint density at radius 3 is 2.68 bits per heavy atom. The van der Waals surface area contributed by atoms with Crippen LogP contribution in [-0.2, 0) is 16.1 Å². The van der Waals surface area contributed by atoms with E-state index in [1.807, 2.05) is 18.2 Å². The first-order valence-corrected chi connectivity index (χ1v) is 7.67. The van der Waals surface area contributed by atoms with Gasteiger partial charge in [-0.2, -0.15) is 0 Å². The van der Waals surface area contributed by atoms with E-state index in [0.29, 0.717) is 19.8 Å². The Kier molecular flexibility index (Phi) is 11.0. The number of halogens is 1. The topological polar surface area (TPSA) is 54.9 Å². The third-order valence-electron chi connectivity index (χ3n) is 3.14. The minimum atomic E-state index is 0. The third-order valence-corrected chi connectivity index (χ3v) is 3.14. The maximum Gasteiger partial charge on any atom is 0.191 e. The van der Waals surface area contributed by atoms with Gasteiger partial charge in [-0.1, -0.05) is 30.3 Å². The van der Waals surface area contributed by atoms with Crippen LogP contribution in [0, 0.1) is 0 Å². The van der Waals surface area contributed by atoms with E-state index >= 15 is 0 Å². The summed E-state index contributed by atoms with van der Waals surface area (Å²) < 4.78 is 11.1. The van der Waals surface area contributed by atoms with Crippen LogP contribution in [0.3, 0.4) is 0 Å². The van der Waals surface area contributed by atoms with Crippen molar-refractivity contribution in [2.24, 2.45) is 4.99 Å². The molecule has 0 saturated heterocycles. The van der Waals surface area contributed by atoms with E-state index in [1.165, 1.54) is 5.56 Å². The van der Waals surface area contributed by atoms with Crippen molar-refractivity contribution < 1.29 is 9.47 Å². The van der Waals surface area contributed by atoms with Crippen molar-refractivity contribution in [2.45, 2.75) is 19.4 Å². The van der Waals surface area contributed by atoms with Crippen LogP contribution in [0.15, 0.2) is 35.3 Å². The van der Waals surface area contributed by atoms with E-state index in [0.717, 1.165) is 45.0 Å². The van der Waals surface area contributed by atoms with Crippen LogP contribution < -0.4 is 10.6 Å². The Bertz CT molecular complexity index is 415. The Morgan fingerprint density at radius 2 is 1.91 bits per heavy atom. The van der Waals surface area contributed by atoms with Crippen molar-refractivity contribution in [3.05, 3.63) is 35.9 Å². The third kappa shape index (κ3) is 8.55. The SMILES string of the molecule is I.c1ccc(COCCOCCCNC2=NCCCN2)cc1. The minimum absolute atomic E-state index is 0. The van der Waals surface area contributed by atoms with Crippen LogP contribution >= 0.6 is 24.0 Å². The lowest BCUT2D eigenvalue weighted by atomic mass is 10.2. The zero-order valence-corrected chi connectivity index (χ0v) is 15.3. The first-order valence-electron chi connectivity index (χ1n) is 7.67. The van der Waals surface area contributed by atoms with E-state index in [1.54, 1.807) is 0 Å². The Hall–Kier alpha value is -0.860. The summed E-state index contributed by atoms with van der Waals surface area (Å²) in [7, 11) is 0. The molecule has 0 spiro atoms. The summed E-state index contributed by atoms with van der Waals surface area (Å²) in [6.45, 7) is 5.50. The average Bonchev–Trinajstić information content (AvgIpc) is 2.55. The Balaban J connectivity index is 0.00000242. The van der Waals surface area contributed by atoms with E-state index in [2.05, 4.69) is 27.8 Å². The molecule has 22 heavy (non-hydrogen) atoms. The van der Waals surface area contributed by atoms with Crippen LogP contribution in [0.1, 0.15) is 18.4 Å². The highest BCUT2D eigenvalue weighted by Gasteiger charge is 2.01. The van der Waals surface area contributed by atoms with Gasteiger partial charge in [0.05, 0.1) is 19.8 Å². The number of aliphatic imine (C=N–C) groups is 1. The molecule has 5 nitrogen and oxygen atoms in total. The molecule has 1 heterocycles. The molecule has 0 bridgehead atoms. The quantitative estimate of drug-likeness (QED) is 0.476. The van der Waals surface area contributed by atoms with Crippen molar-refractivity contribution in [3.63, 3.8) is 0 Å². The molecule has 2 rings (SSSR count). The predicted molar refractivity (Wildman–Crippen MR) is 99.9 cm³/mol. The molecule has 0 unspecified atom stereocenters. The summed E-state index contributed by atoms with van der Waals surface area (Å²) in [5.41, 5.74) is 1.20. The van der Waals surface area contributed by atoms with Crippen molar-refractivity contribution in [2.75, 3.05) is 39.5 Å². The van der Waals surface area contributed by atoms with Gasteiger partial charge < -0.3 is 20.1 Å². The van der Waals surface area contributed by atoms with E-state index in [4.69, 9.17) is 9.47 Å². The summed E-state index contributed by atoms with van der Waals surface area (Å²) in [5, 5.41) is 6.50. The lowest BCUT2D eigenvalue weighted by Gasteiger charge is -2.15. The number of hydrogen-bond acceptors (Lipinski definition) is 5. The fourth-order valence-electron chi connectivity index (χ4n) is 2.02. The molecule has 6 heteroatoms. The predicted octanol–water partition coefficient (Wildman–Crippen LogP) is 2.17. The molecule has 0 aromatic heterocycles. The monoisotopic (exact) mass is 419 g/mol. The molecule has 0 fully saturated rings. The molecule has 124 valence electrons. The van der Waals surface area contributed by atoms with E-state index in [-0.39, 0.29) is 24.0 Å². The lowest BCUT2D eigenvalue weighted by Crippen LogP contribution is -2.41. The maximum absolute atomic E-state index is 5.55. The molecule has 0 aliphatic carbocycles. The number of rotatable bonds is 9. The maximum atomic E-state index is 5.55. The number of nitrogens with one attached hydrogen (secondary N) is 2. The standard InChI is InChI=1S/C16H25N3O2.HI/c1-2-6-15(7-3-1)14-21-13-12-20-11-5-10-19-16-17-8-4-9-18-16;/h1-3,6-7H,4-5,8-14H2,(H2,17,18,19);1H. The fraction of sp³-hybridized carbons (Fsp3) is 0.562. The number of guanidine groups is 1. The van der Waals surface area contributed by atoms with Crippen LogP contribution in [0.5, 0.6) is 0 Å². The van der Waals surface area contributed by atoms with Crippen LogP contribution in [-0.4, -0.2) is 45.4 Å². The largest absolute Gasteiger partial charge is 0.379 e. The molecule has 2 N–H and O–H groups in total. The van der Waals surface area contributed by atoms with Gasteiger partial charge in [-0.3, -0.25) is 4.99 Å². The normalized spacial score (nSPS) is 13.7. The highest BCUT2D eigenvalue weighted by Crippen LogP contribution is 2.00. The molecule has 1 aliphatic rings. The van der Waals surface area contributed by atoms with Gasteiger partial charge >= 0.3 is 0 Å². The molecule has 0 amide bonds. The first-order chi connectivity index (χ1) is 10.4. The summed E-state index contributed by atoms with van der Waals surface area (Å²) in [4.78, 5) is 4.35. The molecule has 0 radical (unpaired) electrons. The van der Waals surface area contributed by atoms with Gasteiger partial charge in [0.2, 0.25) is 0 Å². The number of nitrogens with zero attached hydrogens (tertiary/aromatic N) is 1. The van der Waals surface area contributed by atoms with Gasteiger partial charge in [-0.15, -0.1) is 24.0 Å². The second kappa shape index (κ2) is 12.7. The molecule has 0 atom stereocenters. The van der Waals surface area contributed by atoms with Gasteiger partial charge in [0, 0.05) is 26.2 Å². The van der Waals surface area contributed by atoms with Crippen LogP contribution in [0.25, 0.3) is 0 Å². The van der Waals surface area contributed by atoms with Crippen molar-refractivity contribution in [1.82, 2.24) is 10.6 Å². The van der Waals surface area contributed by atoms with Crippen molar-refractivity contribution >= 4 is 29.9 Å². The van der Waals surface area contributed by atoms with Gasteiger partial charge in [-0.25, -0.2) is 0 Å². The second-order valence-corrected chi connectivity index (χ2v) is 4.94. The zero-order valence-electron chi connectivity index (χ0n) is 12.9. The molecule has 1 aromatic rings. The minimum Gasteiger partial charge on any atom is -0.379 e. The van der Waals surface area contributed by atoms with E-state index in [9.17, 15) is 0 Å². The van der Waals surface area contributed by atoms with Crippen molar-refractivity contribution in [1.29, 1.82) is 0 Å². The van der Waals surface area contributed by atoms with Crippen LogP contribution in [0.2, 0.25) is 0 Å². The van der Waals surface area contributed by atoms with Crippen LogP contribution in [0.4, 0.5) is 0 Å². The summed E-state index contributed by atoms with van der Waals surface area (Å²) in [6.07, 6.45) is 2.09. The lowest BCUT2D eigenvalue weighted by molar-refractivity contribution is 0.0401. The van der Waals surface area contributed by atoms with Gasteiger partial charge in [-0.05, 0) is 18.4 Å². The zero-order chi connectivity index (χ0) is 14.6. The number of ether oxygens (including phenoxy) is 2. The van der Waals surface area contributed by atoms with Gasteiger partial charge in [0.1, 0.15) is 0 Å². The van der Waals surface area contributed by atoms with Gasteiger partial charge in [0.25, 0.3) is 0 Å². The molecule has 1 aromatic carbocycles. The van der Waals surface area contributed by atoms with Crippen molar-refractivity contribution in [3.8, 4) is 0 Å². The highest BCUT2D eigenvalue weighted by atomic mass is 127. The second-order valence-electron chi connectivity index (χ2n) is 4.94. The summed E-state index contributed by atoms with van der Waals surface area (Å²) >= 11 is 0. The molecule has 1 aliphatic heterocycles. The van der Waals surface area contributed by atoms with Gasteiger partial charge in [0.15, 0.2) is 5.96 Å². The number of hydrogen-bond donors (Lipinski definition) is 2. The Labute approximate surface area is 149 Å². The van der Waals surface area contributed by atoms with E-state index < -0.39 is 0 Å². The highest BCUT2D eigenvalue weighted by molar-refractivity contribution is 14.0. The smallest absolute Gasteiger partial charge is 0.191 e. The first kappa shape index (κ1) is 19.2. The molecular weight excluding hydrogens is 393 g/mol. The molecular formula is C16H26IN3O2. The summed E-state index contributed by atoms with van der Waals surface area (Å²) in [5.74, 6) is 0.924. The fourth-order valence-corrected chi connectivity index (χ4v) is 2.02.